The Hall–Kier alpha value is -1.79. The lowest BCUT2D eigenvalue weighted by Gasteiger charge is -2.34. The Morgan fingerprint density at radius 2 is 2.03 bits per heavy atom. The van der Waals surface area contributed by atoms with Crippen LogP contribution in [0, 0.1) is 5.41 Å². The Bertz CT molecular complexity index is 747. The molecule has 1 aliphatic carbocycles. The number of carbonyl (C=O) groups excluding carboxylic acids is 1. The highest BCUT2D eigenvalue weighted by Crippen LogP contribution is 2.47. The summed E-state index contributed by atoms with van der Waals surface area (Å²) < 4.78 is 11.8. The Balaban J connectivity index is 1.85. The first-order valence-corrected chi connectivity index (χ1v) is 11.9. The molecule has 2 fully saturated rings. The van der Waals surface area contributed by atoms with Gasteiger partial charge in [-0.3, -0.25) is 4.79 Å². The second-order valence-electron chi connectivity index (χ2n) is 9.64. The fourth-order valence-electron chi connectivity index (χ4n) is 5.06. The van der Waals surface area contributed by atoms with Crippen LogP contribution in [0.1, 0.15) is 77.2 Å². The highest BCUT2D eigenvalue weighted by Gasteiger charge is 2.49. The summed E-state index contributed by atoms with van der Waals surface area (Å²) in [7, 11) is 1.66. The molecule has 1 aliphatic heterocycles. The summed E-state index contributed by atoms with van der Waals surface area (Å²) in [5.74, 6) is 1.46. The Morgan fingerprint density at radius 1 is 1.32 bits per heavy atom. The predicted octanol–water partition coefficient (Wildman–Crippen LogP) is 3.85. The van der Waals surface area contributed by atoms with Crippen molar-refractivity contribution in [1.82, 2.24) is 4.90 Å². The van der Waals surface area contributed by atoms with E-state index in [-0.39, 0.29) is 17.9 Å². The van der Waals surface area contributed by atoms with E-state index in [2.05, 4.69) is 13.8 Å². The van der Waals surface area contributed by atoms with Gasteiger partial charge < -0.3 is 25.2 Å². The molecule has 2 aliphatic rings. The molecule has 0 radical (unpaired) electrons. The number of ether oxygens (including phenoxy) is 2. The zero-order valence-electron chi connectivity index (χ0n) is 19.6. The lowest BCUT2D eigenvalue weighted by molar-refractivity contribution is -0.132. The zero-order chi connectivity index (χ0) is 22.6. The van der Waals surface area contributed by atoms with Crippen LogP contribution in [-0.4, -0.2) is 54.4 Å². The van der Waals surface area contributed by atoms with E-state index in [4.69, 9.17) is 15.2 Å². The Labute approximate surface area is 187 Å². The molecule has 4 atom stereocenters. The number of nitrogens with two attached hydrogens (primary N) is 1. The van der Waals surface area contributed by atoms with E-state index in [0.717, 1.165) is 42.7 Å². The molecule has 31 heavy (non-hydrogen) atoms. The zero-order valence-corrected chi connectivity index (χ0v) is 19.6. The average Bonchev–Trinajstić information content (AvgIpc) is 3.39. The number of amides is 1. The van der Waals surface area contributed by atoms with Crippen molar-refractivity contribution in [3.63, 3.8) is 0 Å². The van der Waals surface area contributed by atoms with Gasteiger partial charge in [-0.1, -0.05) is 32.8 Å². The van der Waals surface area contributed by atoms with Gasteiger partial charge in [-0.15, -0.1) is 0 Å². The van der Waals surface area contributed by atoms with Crippen molar-refractivity contribution < 1.29 is 19.4 Å². The van der Waals surface area contributed by atoms with Crippen LogP contribution in [0.4, 0.5) is 0 Å². The largest absolute Gasteiger partial charge is 0.493 e. The third kappa shape index (κ3) is 5.17. The second kappa shape index (κ2) is 10.2. The van der Waals surface area contributed by atoms with Gasteiger partial charge in [-0.25, -0.2) is 0 Å². The maximum absolute atomic E-state index is 13.0. The lowest BCUT2D eigenvalue weighted by Crippen LogP contribution is -2.44. The van der Waals surface area contributed by atoms with Crippen LogP contribution < -0.4 is 15.2 Å². The summed E-state index contributed by atoms with van der Waals surface area (Å²) in [4.78, 5) is 14.9. The van der Waals surface area contributed by atoms with E-state index in [1.165, 1.54) is 12.8 Å². The van der Waals surface area contributed by atoms with Crippen molar-refractivity contribution in [2.45, 2.75) is 89.9 Å². The van der Waals surface area contributed by atoms with Crippen LogP contribution >= 0.6 is 0 Å². The second-order valence-corrected chi connectivity index (χ2v) is 9.64. The molecule has 0 unspecified atom stereocenters. The van der Waals surface area contributed by atoms with Crippen molar-refractivity contribution in [2.24, 2.45) is 11.1 Å². The van der Waals surface area contributed by atoms with E-state index < -0.39 is 17.6 Å². The standard InChI is InChI=1S/C25H40N2O4/c1-5-6-11-21(26)24(29)27-15-20(25(3,16-27)17(2)28)18-12-13-22(30-4)23(14-18)31-19-9-7-8-10-19/h12-14,17,19-21,28H,5-11,15-16,26H2,1-4H3/t17-,20+,21-,25+/m1/s1. The number of aliphatic hydroxyl groups is 1. The van der Waals surface area contributed by atoms with E-state index in [9.17, 15) is 9.90 Å². The Morgan fingerprint density at radius 3 is 2.65 bits per heavy atom. The number of aliphatic hydroxyl groups excluding tert-OH is 1. The maximum Gasteiger partial charge on any atom is 0.239 e. The van der Waals surface area contributed by atoms with Gasteiger partial charge in [0.15, 0.2) is 11.5 Å². The quantitative estimate of drug-likeness (QED) is 0.619. The first kappa shape index (κ1) is 23.9. The monoisotopic (exact) mass is 432 g/mol. The highest BCUT2D eigenvalue weighted by atomic mass is 16.5. The van der Waals surface area contributed by atoms with Crippen LogP contribution in [0.5, 0.6) is 11.5 Å². The Kier molecular flexibility index (Phi) is 7.87. The molecule has 1 heterocycles. The van der Waals surface area contributed by atoms with Crippen LogP contribution in [0.15, 0.2) is 18.2 Å². The number of benzene rings is 1. The van der Waals surface area contributed by atoms with Crippen LogP contribution in [0.3, 0.4) is 0 Å². The molecule has 1 saturated heterocycles. The fraction of sp³-hybridized carbons (Fsp3) is 0.720. The van der Waals surface area contributed by atoms with Crippen LogP contribution in [-0.2, 0) is 4.79 Å². The third-order valence-electron chi connectivity index (χ3n) is 7.37. The molecule has 3 rings (SSSR count). The van der Waals surface area contributed by atoms with Crippen molar-refractivity contribution in [1.29, 1.82) is 0 Å². The lowest BCUT2D eigenvalue weighted by atomic mass is 9.72. The fourth-order valence-corrected chi connectivity index (χ4v) is 5.06. The smallest absolute Gasteiger partial charge is 0.239 e. The van der Waals surface area contributed by atoms with Gasteiger partial charge in [0, 0.05) is 24.4 Å². The minimum atomic E-state index is -0.566. The van der Waals surface area contributed by atoms with Gasteiger partial charge in [0.2, 0.25) is 5.91 Å². The molecule has 174 valence electrons. The molecular weight excluding hydrogens is 392 g/mol. The number of hydrogen-bond donors (Lipinski definition) is 2. The van der Waals surface area contributed by atoms with Gasteiger partial charge in [0.1, 0.15) is 0 Å². The number of unbranched alkanes of at least 4 members (excludes halogenated alkanes) is 1. The molecule has 1 saturated carbocycles. The topological polar surface area (TPSA) is 85.0 Å². The van der Waals surface area contributed by atoms with Crippen molar-refractivity contribution in [3.8, 4) is 11.5 Å². The van der Waals surface area contributed by atoms with Crippen molar-refractivity contribution >= 4 is 5.91 Å². The third-order valence-corrected chi connectivity index (χ3v) is 7.37. The summed E-state index contributed by atoms with van der Waals surface area (Å²) in [6, 6.07) is 5.55. The van der Waals surface area contributed by atoms with Crippen molar-refractivity contribution in [2.75, 3.05) is 20.2 Å². The van der Waals surface area contributed by atoms with Crippen LogP contribution in [0.2, 0.25) is 0 Å². The van der Waals surface area contributed by atoms with E-state index in [1.54, 1.807) is 7.11 Å². The van der Waals surface area contributed by atoms with Gasteiger partial charge in [0.05, 0.1) is 25.4 Å². The van der Waals surface area contributed by atoms with E-state index in [0.29, 0.717) is 19.5 Å². The summed E-state index contributed by atoms with van der Waals surface area (Å²) in [6.45, 7) is 7.03. The molecule has 0 spiro atoms. The average molecular weight is 433 g/mol. The number of rotatable bonds is 9. The van der Waals surface area contributed by atoms with Crippen LogP contribution in [0.25, 0.3) is 0 Å². The molecule has 1 aromatic rings. The van der Waals surface area contributed by atoms with E-state index >= 15 is 0 Å². The summed E-state index contributed by atoms with van der Waals surface area (Å²) in [6.07, 6.45) is 6.86. The van der Waals surface area contributed by atoms with Gasteiger partial charge in [-0.2, -0.15) is 0 Å². The molecule has 1 aromatic carbocycles. The maximum atomic E-state index is 13.0. The normalized spacial score (nSPS) is 26.1. The highest BCUT2D eigenvalue weighted by molar-refractivity contribution is 5.82. The molecule has 0 bridgehead atoms. The minimum Gasteiger partial charge on any atom is -0.493 e. The summed E-state index contributed by atoms with van der Waals surface area (Å²) in [5.41, 5.74) is 6.80. The van der Waals surface area contributed by atoms with Gasteiger partial charge in [0.25, 0.3) is 0 Å². The number of likely N-dealkylation sites (tertiary alicyclic amines) is 1. The number of hydrogen-bond acceptors (Lipinski definition) is 5. The first-order valence-electron chi connectivity index (χ1n) is 11.9. The molecule has 6 heteroatoms. The summed E-state index contributed by atoms with van der Waals surface area (Å²) >= 11 is 0. The first-order chi connectivity index (χ1) is 14.8. The molecule has 6 nitrogen and oxygen atoms in total. The number of carbonyl (C=O) groups is 1. The molecule has 3 N–H and O–H groups in total. The minimum absolute atomic E-state index is 0.00772. The molecule has 0 aromatic heterocycles. The molecule has 1 amide bonds. The number of nitrogens with zero attached hydrogens (tertiary/aromatic N) is 1. The van der Waals surface area contributed by atoms with Crippen molar-refractivity contribution in [3.05, 3.63) is 23.8 Å². The summed E-state index contributed by atoms with van der Waals surface area (Å²) in [5, 5.41) is 10.7. The SMILES string of the molecule is CCCC[C@@H](N)C(=O)N1C[C@@H](c2ccc(OC)c(OC3CCCC3)c2)[C@](C)([C@@H](C)O)C1. The number of methoxy groups -OCH3 is 1. The van der Waals surface area contributed by atoms with Gasteiger partial charge in [-0.05, 0) is 56.7 Å². The van der Waals surface area contributed by atoms with Gasteiger partial charge >= 0.3 is 0 Å². The molecular formula is C25H40N2O4. The van der Waals surface area contributed by atoms with E-state index in [1.807, 2.05) is 30.0 Å². The predicted molar refractivity (Wildman–Crippen MR) is 122 cm³/mol.